The number of nitrogens with one attached hydrogen (secondary N) is 3. The highest BCUT2D eigenvalue weighted by Crippen LogP contribution is 2.16. The summed E-state index contributed by atoms with van der Waals surface area (Å²) in [5.74, 6) is 1.04. The van der Waals surface area contributed by atoms with Crippen LogP contribution in [0.1, 0.15) is 5.82 Å². The van der Waals surface area contributed by atoms with Gasteiger partial charge in [-0.25, -0.2) is 4.98 Å². The second-order valence-electron chi connectivity index (χ2n) is 4.37. The summed E-state index contributed by atoms with van der Waals surface area (Å²) >= 11 is 0. The van der Waals surface area contributed by atoms with Gasteiger partial charge in [-0.1, -0.05) is 0 Å². The van der Waals surface area contributed by atoms with Crippen molar-refractivity contribution in [3.05, 3.63) is 30.5 Å². The maximum absolute atomic E-state index is 4.43. The molecule has 0 aliphatic carbocycles. The number of nitrogens with zero attached hydrogens (tertiary/aromatic N) is 2. The summed E-state index contributed by atoms with van der Waals surface area (Å²) in [6.07, 6.45) is 5.80. The van der Waals surface area contributed by atoms with Gasteiger partial charge in [-0.05, 0) is 6.07 Å². The quantitative estimate of drug-likeness (QED) is 0.732. The molecule has 3 N–H and O–H groups in total. The van der Waals surface area contributed by atoms with E-state index in [0.29, 0.717) is 0 Å². The predicted octanol–water partition coefficient (Wildman–Crippen LogP) is 0.810. The molecule has 0 amide bonds. The Bertz CT molecular complexity index is 453. The largest absolute Gasteiger partial charge is 0.367 e. The maximum atomic E-state index is 4.43. The number of aromatic nitrogens is 3. The third-order valence-electron chi connectivity index (χ3n) is 3.12. The normalized spacial score (nSPS) is 17.4. The monoisotopic (exact) mass is 231 g/mol. The fraction of sp³-hybridized carbons (Fsp3) is 0.417. The van der Waals surface area contributed by atoms with Crippen molar-refractivity contribution >= 4 is 0 Å². The summed E-state index contributed by atoms with van der Waals surface area (Å²) in [5, 5.41) is 3.35. The Balaban J connectivity index is 1.68. The van der Waals surface area contributed by atoms with Gasteiger partial charge in [0.25, 0.3) is 0 Å². The lowest BCUT2D eigenvalue weighted by Gasteiger charge is -2.26. The van der Waals surface area contributed by atoms with Crippen molar-refractivity contribution < 1.29 is 0 Å². The molecular weight excluding hydrogens is 214 g/mol. The molecule has 0 spiro atoms. The van der Waals surface area contributed by atoms with Gasteiger partial charge >= 0.3 is 0 Å². The minimum Gasteiger partial charge on any atom is -0.367 e. The molecule has 90 valence electrons. The fourth-order valence-corrected chi connectivity index (χ4v) is 2.16. The highest BCUT2D eigenvalue weighted by molar-refractivity contribution is 5.57. The Hall–Kier alpha value is -1.59. The number of hydrogen-bond donors (Lipinski definition) is 3. The van der Waals surface area contributed by atoms with Crippen LogP contribution in [0.4, 0.5) is 0 Å². The van der Waals surface area contributed by atoms with Crippen LogP contribution in [0.3, 0.4) is 0 Å². The van der Waals surface area contributed by atoms with E-state index in [1.54, 1.807) is 0 Å². The highest BCUT2D eigenvalue weighted by Gasteiger charge is 2.12. The zero-order valence-corrected chi connectivity index (χ0v) is 9.74. The molecule has 3 rings (SSSR count). The van der Waals surface area contributed by atoms with Gasteiger partial charge < -0.3 is 15.3 Å². The molecule has 17 heavy (non-hydrogen) atoms. The molecule has 1 saturated heterocycles. The average Bonchev–Trinajstić information content (AvgIpc) is 3.00. The number of hydrogen-bond acceptors (Lipinski definition) is 3. The molecule has 5 heteroatoms. The Kier molecular flexibility index (Phi) is 2.94. The Labute approximate surface area is 100 Å². The number of H-pyrrole nitrogens is 2. The predicted molar refractivity (Wildman–Crippen MR) is 66.5 cm³/mol. The van der Waals surface area contributed by atoms with E-state index in [9.17, 15) is 0 Å². The van der Waals surface area contributed by atoms with Crippen molar-refractivity contribution in [3.63, 3.8) is 0 Å². The lowest BCUT2D eigenvalue weighted by molar-refractivity contribution is 0.228. The molecule has 0 atom stereocenters. The van der Waals surface area contributed by atoms with Crippen LogP contribution in [0.15, 0.2) is 24.7 Å². The van der Waals surface area contributed by atoms with Gasteiger partial charge in [0.2, 0.25) is 0 Å². The van der Waals surface area contributed by atoms with Crippen LogP contribution in [0.2, 0.25) is 0 Å². The molecule has 1 fully saturated rings. The average molecular weight is 231 g/mol. The highest BCUT2D eigenvalue weighted by atomic mass is 15.2. The summed E-state index contributed by atoms with van der Waals surface area (Å²) in [5.41, 5.74) is 2.24. The summed E-state index contributed by atoms with van der Waals surface area (Å²) in [7, 11) is 0. The third kappa shape index (κ3) is 2.40. The van der Waals surface area contributed by atoms with Crippen LogP contribution in [0, 0.1) is 0 Å². The standard InChI is InChI=1S/C12H17N5/c1-2-14-7-10(1)11-8-15-12(16-11)9-17-5-3-13-4-6-17/h1-2,7-8,13-14H,3-6,9H2,(H,15,16). The van der Waals surface area contributed by atoms with E-state index in [4.69, 9.17) is 0 Å². The summed E-state index contributed by atoms with van der Waals surface area (Å²) in [4.78, 5) is 13.3. The van der Waals surface area contributed by atoms with Crippen molar-refractivity contribution in [2.24, 2.45) is 0 Å². The van der Waals surface area contributed by atoms with E-state index < -0.39 is 0 Å². The van der Waals surface area contributed by atoms with Crippen LogP contribution in [0.5, 0.6) is 0 Å². The van der Waals surface area contributed by atoms with Gasteiger partial charge in [0, 0.05) is 44.1 Å². The number of imidazole rings is 1. The van der Waals surface area contributed by atoms with E-state index in [0.717, 1.165) is 49.8 Å². The second-order valence-corrected chi connectivity index (χ2v) is 4.37. The minimum atomic E-state index is 0.909. The zero-order chi connectivity index (χ0) is 11.5. The molecule has 0 aromatic carbocycles. The third-order valence-corrected chi connectivity index (χ3v) is 3.12. The Morgan fingerprint density at radius 3 is 2.94 bits per heavy atom. The molecule has 2 aromatic heterocycles. The Morgan fingerprint density at radius 2 is 2.18 bits per heavy atom. The van der Waals surface area contributed by atoms with Crippen LogP contribution < -0.4 is 5.32 Å². The molecular formula is C12H17N5. The van der Waals surface area contributed by atoms with E-state index in [1.807, 2.05) is 24.7 Å². The summed E-state index contributed by atoms with van der Waals surface area (Å²) in [6, 6.07) is 2.04. The van der Waals surface area contributed by atoms with Gasteiger partial charge in [-0.2, -0.15) is 0 Å². The topological polar surface area (TPSA) is 59.7 Å². The number of piperazine rings is 1. The van der Waals surface area contributed by atoms with E-state index in [1.165, 1.54) is 0 Å². The second kappa shape index (κ2) is 4.73. The molecule has 1 aliphatic heterocycles. The Morgan fingerprint density at radius 1 is 1.29 bits per heavy atom. The van der Waals surface area contributed by atoms with Crippen LogP contribution in [-0.4, -0.2) is 46.0 Å². The molecule has 1 aliphatic rings. The van der Waals surface area contributed by atoms with Gasteiger partial charge in [0.1, 0.15) is 5.82 Å². The van der Waals surface area contributed by atoms with Crippen molar-refractivity contribution in [1.82, 2.24) is 25.2 Å². The lowest BCUT2D eigenvalue weighted by atomic mass is 10.3. The molecule has 3 heterocycles. The van der Waals surface area contributed by atoms with Crippen molar-refractivity contribution in [3.8, 4) is 11.3 Å². The number of aromatic amines is 2. The molecule has 5 nitrogen and oxygen atoms in total. The van der Waals surface area contributed by atoms with Crippen LogP contribution in [0.25, 0.3) is 11.3 Å². The summed E-state index contributed by atoms with van der Waals surface area (Å²) in [6.45, 7) is 5.25. The van der Waals surface area contributed by atoms with Gasteiger partial charge in [0.15, 0.2) is 0 Å². The molecule has 0 bridgehead atoms. The van der Waals surface area contributed by atoms with E-state index >= 15 is 0 Å². The van der Waals surface area contributed by atoms with Crippen molar-refractivity contribution in [1.29, 1.82) is 0 Å². The first-order valence-corrected chi connectivity index (χ1v) is 6.02. The van der Waals surface area contributed by atoms with E-state index in [-0.39, 0.29) is 0 Å². The first-order valence-electron chi connectivity index (χ1n) is 6.02. The van der Waals surface area contributed by atoms with Gasteiger partial charge in [-0.3, -0.25) is 4.90 Å². The fourth-order valence-electron chi connectivity index (χ4n) is 2.16. The lowest BCUT2D eigenvalue weighted by Crippen LogP contribution is -2.43. The smallest absolute Gasteiger partial charge is 0.120 e. The maximum Gasteiger partial charge on any atom is 0.120 e. The van der Waals surface area contributed by atoms with Crippen molar-refractivity contribution in [2.45, 2.75) is 6.54 Å². The SMILES string of the molecule is c1cc(-c2cnc(CN3CCNCC3)[nH]2)c[nH]1. The van der Waals surface area contributed by atoms with Crippen LogP contribution in [-0.2, 0) is 6.54 Å². The molecule has 0 radical (unpaired) electrons. The zero-order valence-electron chi connectivity index (χ0n) is 9.74. The number of rotatable bonds is 3. The first kappa shape index (κ1) is 10.6. The van der Waals surface area contributed by atoms with Gasteiger partial charge in [0.05, 0.1) is 18.4 Å². The van der Waals surface area contributed by atoms with Crippen LogP contribution >= 0.6 is 0 Å². The summed E-state index contributed by atoms with van der Waals surface area (Å²) < 4.78 is 0. The molecule has 2 aromatic rings. The van der Waals surface area contributed by atoms with Gasteiger partial charge in [-0.15, -0.1) is 0 Å². The minimum absolute atomic E-state index is 0.909. The van der Waals surface area contributed by atoms with Crippen molar-refractivity contribution in [2.75, 3.05) is 26.2 Å². The van der Waals surface area contributed by atoms with E-state index in [2.05, 4.69) is 25.2 Å². The molecule has 0 saturated carbocycles. The first-order chi connectivity index (χ1) is 8.42. The molecule has 0 unspecified atom stereocenters.